The molecule has 3 N–H and O–H groups in total. The maximum absolute atomic E-state index is 11.0. The van der Waals surface area contributed by atoms with Crippen LogP contribution in [0.15, 0.2) is 30.5 Å². The summed E-state index contributed by atoms with van der Waals surface area (Å²) in [5, 5.41) is 14.5. The number of benzene rings is 1. The SMILES string of the molecule is Cc1cc(-c2nccc(NC3CCC(N)CC3)n2)cc([N+](=O)[O-])c1. The highest BCUT2D eigenvalue weighted by molar-refractivity contribution is 5.62. The first-order chi connectivity index (χ1) is 11.5. The molecule has 0 saturated heterocycles. The Labute approximate surface area is 140 Å². The first-order valence-electron chi connectivity index (χ1n) is 8.13. The Balaban J connectivity index is 1.81. The fourth-order valence-corrected chi connectivity index (χ4v) is 3.05. The summed E-state index contributed by atoms with van der Waals surface area (Å²) < 4.78 is 0. The molecule has 1 saturated carbocycles. The van der Waals surface area contributed by atoms with Gasteiger partial charge in [0.05, 0.1) is 4.92 Å². The van der Waals surface area contributed by atoms with E-state index in [1.807, 2.05) is 19.1 Å². The van der Waals surface area contributed by atoms with E-state index in [2.05, 4.69) is 15.3 Å². The van der Waals surface area contributed by atoms with Gasteiger partial charge in [-0.25, -0.2) is 9.97 Å². The summed E-state index contributed by atoms with van der Waals surface area (Å²) in [5.41, 5.74) is 7.44. The first kappa shape index (κ1) is 16.3. The normalized spacial score (nSPS) is 20.6. The molecule has 0 spiro atoms. The third kappa shape index (κ3) is 3.86. The Morgan fingerprint density at radius 1 is 1.25 bits per heavy atom. The number of nitrogens with one attached hydrogen (secondary N) is 1. The number of aromatic nitrogens is 2. The van der Waals surface area contributed by atoms with Gasteiger partial charge < -0.3 is 11.1 Å². The van der Waals surface area contributed by atoms with E-state index in [1.165, 1.54) is 12.1 Å². The lowest BCUT2D eigenvalue weighted by Gasteiger charge is -2.27. The molecule has 1 aromatic carbocycles. The van der Waals surface area contributed by atoms with Crippen molar-refractivity contribution < 1.29 is 4.92 Å². The Bertz CT molecular complexity index is 742. The van der Waals surface area contributed by atoms with Crippen LogP contribution in [0.1, 0.15) is 31.2 Å². The summed E-state index contributed by atoms with van der Waals surface area (Å²) in [7, 11) is 0. The van der Waals surface area contributed by atoms with Gasteiger partial charge in [-0.15, -0.1) is 0 Å². The number of aryl methyl sites for hydroxylation is 1. The second kappa shape index (κ2) is 6.92. The Morgan fingerprint density at radius 3 is 2.71 bits per heavy atom. The quantitative estimate of drug-likeness (QED) is 0.660. The van der Waals surface area contributed by atoms with E-state index in [0.29, 0.717) is 23.5 Å². The van der Waals surface area contributed by atoms with Gasteiger partial charge in [-0.3, -0.25) is 10.1 Å². The molecule has 0 aliphatic heterocycles. The van der Waals surface area contributed by atoms with E-state index >= 15 is 0 Å². The van der Waals surface area contributed by atoms with Gasteiger partial charge in [0.1, 0.15) is 5.82 Å². The van der Waals surface area contributed by atoms with E-state index in [0.717, 1.165) is 37.1 Å². The largest absolute Gasteiger partial charge is 0.367 e. The number of rotatable bonds is 4. The van der Waals surface area contributed by atoms with Gasteiger partial charge in [0.15, 0.2) is 5.82 Å². The van der Waals surface area contributed by atoms with E-state index in [4.69, 9.17) is 5.73 Å². The molecule has 7 nitrogen and oxygen atoms in total. The standard InChI is InChI=1S/C17H21N5O2/c1-11-8-12(10-15(9-11)22(23)24)17-19-7-6-16(21-17)20-14-4-2-13(18)3-5-14/h6-10,13-14H,2-5,18H2,1H3,(H,19,20,21). The van der Waals surface area contributed by atoms with Crippen molar-refractivity contribution in [3.8, 4) is 11.4 Å². The zero-order chi connectivity index (χ0) is 17.1. The minimum absolute atomic E-state index is 0.0493. The third-order valence-electron chi connectivity index (χ3n) is 4.31. The molecule has 24 heavy (non-hydrogen) atoms. The van der Waals surface area contributed by atoms with Gasteiger partial charge in [0.25, 0.3) is 5.69 Å². The number of nitro benzene ring substituents is 1. The van der Waals surface area contributed by atoms with Gasteiger partial charge >= 0.3 is 0 Å². The highest BCUT2D eigenvalue weighted by Gasteiger charge is 2.19. The monoisotopic (exact) mass is 327 g/mol. The number of nitrogens with two attached hydrogens (primary N) is 1. The third-order valence-corrected chi connectivity index (χ3v) is 4.31. The van der Waals surface area contributed by atoms with Crippen molar-refractivity contribution in [3.63, 3.8) is 0 Å². The number of anilines is 1. The van der Waals surface area contributed by atoms with E-state index in [9.17, 15) is 10.1 Å². The number of hydrogen-bond donors (Lipinski definition) is 2. The minimum Gasteiger partial charge on any atom is -0.367 e. The average molecular weight is 327 g/mol. The minimum atomic E-state index is -0.399. The molecule has 1 aliphatic rings. The highest BCUT2D eigenvalue weighted by atomic mass is 16.6. The van der Waals surface area contributed by atoms with Crippen molar-refractivity contribution in [2.45, 2.75) is 44.7 Å². The van der Waals surface area contributed by atoms with E-state index in [-0.39, 0.29) is 5.69 Å². The summed E-state index contributed by atoms with van der Waals surface area (Å²) in [6, 6.07) is 7.38. The second-order valence-electron chi connectivity index (χ2n) is 6.34. The zero-order valence-corrected chi connectivity index (χ0v) is 13.6. The Hall–Kier alpha value is -2.54. The van der Waals surface area contributed by atoms with Crippen LogP contribution in [0, 0.1) is 17.0 Å². The number of nitro groups is 1. The Kier molecular flexibility index (Phi) is 4.71. The van der Waals surface area contributed by atoms with Crippen molar-refractivity contribution in [1.29, 1.82) is 0 Å². The lowest BCUT2D eigenvalue weighted by atomic mass is 9.92. The molecule has 0 unspecified atom stereocenters. The number of hydrogen-bond acceptors (Lipinski definition) is 6. The maximum Gasteiger partial charge on any atom is 0.270 e. The summed E-state index contributed by atoms with van der Waals surface area (Å²) in [5.74, 6) is 1.23. The fourth-order valence-electron chi connectivity index (χ4n) is 3.05. The van der Waals surface area contributed by atoms with Crippen molar-refractivity contribution >= 4 is 11.5 Å². The molecule has 0 radical (unpaired) electrons. The van der Waals surface area contributed by atoms with Crippen LogP contribution in [0.2, 0.25) is 0 Å². The number of nitrogens with zero attached hydrogens (tertiary/aromatic N) is 3. The van der Waals surface area contributed by atoms with Gasteiger partial charge in [-0.2, -0.15) is 0 Å². The van der Waals surface area contributed by atoms with Gasteiger partial charge in [0.2, 0.25) is 0 Å². The lowest BCUT2D eigenvalue weighted by Crippen LogP contribution is -2.33. The highest BCUT2D eigenvalue weighted by Crippen LogP contribution is 2.25. The molecule has 3 rings (SSSR count). The molecule has 0 bridgehead atoms. The first-order valence-corrected chi connectivity index (χ1v) is 8.13. The fraction of sp³-hybridized carbons (Fsp3) is 0.412. The molecular weight excluding hydrogens is 306 g/mol. The zero-order valence-electron chi connectivity index (χ0n) is 13.6. The predicted molar refractivity (Wildman–Crippen MR) is 92.7 cm³/mol. The molecule has 7 heteroatoms. The lowest BCUT2D eigenvalue weighted by molar-refractivity contribution is -0.384. The van der Waals surface area contributed by atoms with E-state index < -0.39 is 4.92 Å². The summed E-state index contributed by atoms with van der Waals surface area (Å²) in [6.07, 6.45) is 5.75. The van der Waals surface area contributed by atoms with Crippen LogP contribution in [-0.4, -0.2) is 27.0 Å². The molecule has 1 aliphatic carbocycles. The van der Waals surface area contributed by atoms with E-state index in [1.54, 1.807) is 6.20 Å². The molecule has 1 aromatic heterocycles. The Morgan fingerprint density at radius 2 is 2.00 bits per heavy atom. The molecule has 1 heterocycles. The molecule has 1 fully saturated rings. The predicted octanol–water partition coefficient (Wildman–Crippen LogP) is 3.04. The van der Waals surface area contributed by atoms with Gasteiger partial charge in [-0.1, -0.05) is 0 Å². The molecule has 2 aromatic rings. The van der Waals surface area contributed by atoms with Crippen LogP contribution in [0.25, 0.3) is 11.4 Å². The van der Waals surface area contributed by atoms with Crippen LogP contribution < -0.4 is 11.1 Å². The van der Waals surface area contributed by atoms with Crippen molar-refractivity contribution in [3.05, 3.63) is 46.1 Å². The van der Waals surface area contributed by atoms with Crippen molar-refractivity contribution in [2.24, 2.45) is 5.73 Å². The molecule has 0 atom stereocenters. The number of non-ortho nitro benzene ring substituents is 1. The van der Waals surface area contributed by atoms with Crippen LogP contribution in [0.4, 0.5) is 11.5 Å². The second-order valence-corrected chi connectivity index (χ2v) is 6.34. The van der Waals surface area contributed by atoms with Crippen molar-refractivity contribution in [2.75, 3.05) is 5.32 Å². The molecule has 0 amide bonds. The molecule has 126 valence electrons. The van der Waals surface area contributed by atoms with Gasteiger partial charge in [0, 0.05) is 36.0 Å². The van der Waals surface area contributed by atoms with Crippen LogP contribution in [0.3, 0.4) is 0 Å². The van der Waals surface area contributed by atoms with Crippen LogP contribution in [0.5, 0.6) is 0 Å². The summed E-state index contributed by atoms with van der Waals surface area (Å²) >= 11 is 0. The topological polar surface area (TPSA) is 107 Å². The van der Waals surface area contributed by atoms with Crippen LogP contribution >= 0.6 is 0 Å². The van der Waals surface area contributed by atoms with Gasteiger partial charge in [-0.05, 0) is 50.3 Å². The summed E-state index contributed by atoms with van der Waals surface area (Å²) in [4.78, 5) is 19.4. The maximum atomic E-state index is 11.0. The van der Waals surface area contributed by atoms with Crippen LogP contribution in [-0.2, 0) is 0 Å². The summed E-state index contributed by atoms with van der Waals surface area (Å²) in [6.45, 7) is 1.82. The molecular formula is C17H21N5O2. The van der Waals surface area contributed by atoms with Crippen molar-refractivity contribution in [1.82, 2.24) is 9.97 Å². The smallest absolute Gasteiger partial charge is 0.270 e. The average Bonchev–Trinajstić information content (AvgIpc) is 2.57.